The Morgan fingerprint density at radius 2 is 2.00 bits per heavy atom. The van der Waals surface area contributed by atoms with Gasteiger partial charge in [-0.3, -0.25) is 0 Å². The lowest BCUT2D eigenvalue weighted by Crippen LogP contribution is -2.01. The predicted molar refractivity (Wildman–Crippen MR) is 51.9 cm³/mol. The van der Waals surface area contributed by atoms with Crippen molar-refractivity contribution in [2.45, 2.75) is 4.90 Å². The van der Waals surface area contributed by atoms with Gasteiger partial charge in [0, 0.05) is 11.9 Å². The first-order valence-electron chi connectivity index (χ1n) is 3.47. The summed E-state index contributed by atoms with van der Waals surface area (Å²) in [7, 11) is -0.828. The molecule has 0 heterocycles. The summed E-state index contributed by atoms with van der Waals surface area (Å²) in [5.41, 5.74) is 0. The van der Waals surface area contributed by atoms with E-state index in [1.807, 2.05) is 18.2 Å². The first-order chi connectivity index (χ1) is 5.73. The second kappa shape index (κ2) is 3.92. The Kier molecular flexibility index (Phi) is 3.12. The summed E-state index contributed by atoms with van der Waals surface area (Å²) in [6.07, 6.45) is 0. The monoisotopic (exact) mass is 203 g/mol. The van der Waals surface area contributed by atoms with Crippen LogP contribution in [0.3, 0.4) is 0 Å². The van der Waals surface area contributed by atoms with Crippen molar-refractivity contribution in [1.82, 2.24) is 0 Å². The van der Waals surface area contributed by atoms with Crippen molar-refractivity contribution >= 4 is 21.3 Å². The molecular formula is C8H10ClNOS. The number of benzene rings is 1. The number of nitrogens with zero attached hydrogens (tertiary/aromatic N) is 1. The topological polar surface area (TPSA) is 29.4 Å². The van der Waals surface area contributed by atoms with E-state index in [1.165, 1.54) is 7.05 Å². The summed E-state index contributed by atoms with van der Waals surface area (Å²) in [4.78, 5) is 0.697. The zero-order chi connectivity index (χ0) is 9.03. The first kappa shape index (κ1) is 9.55. The first-order valence-corrected chi connectivity index (χ1v) is 5.69. The standard InChI is InChI=1S/C8H10ClNOS/c1-10-12(11,7-9)8-5-3-2-4-6-8/h2-6H,7H2,1H3. The normalized spacial score (nSPS) is 15.2. The van der Waals surface area contributed by atoms with Crippen molar-refractivity contribution in [2.75, 3.05) is 12.3 Å². The van der Waals surface area contributed by atoms with Gasteiger partial charge >= 0.3 is 0 Å². The zero-order valence-corrected chi connectivity index (χ0v) is 8.31. The van der Waals surface area contributed by atoms with E-state index >= 15 is 0 Å². The Labute approximate surface area is 77.7 Å². The van der Waals surface area contributed by atoms with Crippen molar-refractivity contribution in [1.29, 1.82) is 0 Å². The third kappa shape index (κ3) is 1.79. The van der Waals surface area contributed by atoms with Crippen LogP contribution in [0.2, 0.25) is 0 Å². The van der Waals surface area contributed by atoms with Crippen LogP contribution in [0, 0.1) is 0 Å². The Balaban J connectivity index is 3.24. The Morgan fingerprint density at radius 1 is 1.42 bits per heavy atom. The van der Waals surface area contributed by atoms with Crippen LogP contribution in [-0.2, 0) is 9.73 Å². The van der Waals surface area contributed by atoms with Gasteiger partial charge in [-0.15, -0.1) is 11.6 Å². The van der Waals surface area contributed by atoms with E-state index in [2.05, 4.69) is 4.36 Å². The number of hydrogen-bond donors (Lipinski definition) is 0. The lowest BCUT2D eigenvalue weighted by atomic mass is 10.4. The number of alkyl halides is 1. The van der Waals surface area contributed by atoms with Crippen LogP contribution < -0.4 is 0 Å². The molecule has 66 valence electrons. The smallest absolute Gasteiger partial charge is 0.111 e. The van der Waals surface area contributed by atoms with Crippen molar-refractivity contribution < 1.29 is 4.21 Å². The minimum Gasteiger partial charge on any atom is -0.244 e. The fraction of sp³-hybridized carbons (Fsp3) is 0.250. The van der Waals surface area contributed by atoms with Gasteiger partial charge in [-0.05, 0) is 12.1 Å². The van der Waals surface area contributed by atoms with Crippen LogP contribution in [0.5, 0.6) is 0 Å². The molecule has 1 aromatic carbocycles. The molecule has 0 bridgehead atoms. The summed E-state index contributed by atoms with van der Waals surface area (Å²) < 4.78 is 15.6. The highest BCUT2D eigenvalue weighted by Gasteiger charge is 2.07. The van der Waals surface area contributed by atoms with E-state index in [9.17, 15) is 4.21 Å². The highest BCUT2D eigenvalue weighted by molar-refractivity contribution is 7.94. The second-order valence-corrected chi connectivity index (χ2v) is 5.24. The average molecular weight is 204 g/mol. The van der Waals surface area contributed by atoms with Crippen LogP contribution in [-0.4, -0.2) is 16.5 Å². The molecule has 0 N–H and O–H groups in total. The molecule has 4 heteroatoms. The van der Waals surface area contributed by atoms with Gasteiger partial charge in [0.05, 0.1) is 9.73 Å². The minimum atomic E-state index is -2.35. The molecule has 0 aromatic heterocycles. The van der Waals surface area contributed by atoms with E-state index in [-0.39, 0.29) is 5.21 Å². The van der Waals surface area contributed by atoms with Crippen LogP contribution >= 0.6 is 11.6 Å². The van der Waals surface area contributed by atoms with Gasteiger partial charge in [-0.25, -0.2) is 8.57 Å². The largest absolute Gasteiger partial charge is 0.244 e. The predicted octanol–water partition coefficient (Wildman–Crippen LogP) is 2.34. The molecule has 0 saturated heterocycles. The molecule has 0 aliphatic carbocycles. The number of halogens is 1. The van der Waals surface area contributed by atoms with Crippen molar-refractivity contribution in [3.05, 3.63) is 30.3 Å². The van der Waals surface area contributed by atoms with Gasteiger partial charge in [0.2, 0.25) is 0 Å². The summed E-state index contributed by atoms with van der Waals surface area (Å²) in [6.45, 7) is 0. The molecule has 0 fully saturated rings. The fourth-order valence-corrected chi connectivity index (χ4v) is 2.54. The maximum Gasteiger partial charge on any atom is 0.111 e. The summed E-state index contributed by atoms with van der Waals surface area (Å²) in [5, 5.41) is 0.0491. The van der Waals surface area contributed by atoms with Gasteiger partial charge in [0.15, 0.2) is 0 Å². The Bertz CT molecular complexity index is 355. The van der Waals surface area contributed by atoms with Gasteiger partial charge in [0.1, 0.15) is 5.21 Å². The summed E-state index contributed by atoms with van der Waals surface area (Å²) in [6, 6.07) is 9.07. The van der Waals surface area contributed by atoms with Gasteiger partial charge in [-0.2, -0.15) is 0 Å². The average Bonchev–Trinajstić information content (AvgIpc) is 2.18. The van der Waals surface area contributed by atoms with E-state index in [0.717, 1.165) is 0 Å². The van der Waals surface area contributed by atoms with Crippen LogP contribution in [0.1, 0.15) is 0 Å². The zero-order valence-electron chi connectivity index (χ0n) is 6.74. The lowest BCUT2D eigenvalue weighted by Gasteiger charge is -2.03. The molecule has 0 aliphatic rings. The van der Waals surface area contributed by atoms with Gasteiger partial charge in [0.25, 0.3) is 0 Å². The van der Waals surface area contributed by atoms with Crippen molar-refractivity contribution in [2.24, 2.45) is 4.36 Å². The minimum absolute atomic E-state index is 0.0491. The highest BCUT2D eigenvalue weighted by Crippen LogP contribution is 2.13. The molecular weight excluding hydrogens is 194 g/mol. The van der Waals surface area contributed by atoms with Gasteiger partial charge in [-0.1, -0.05) is 18.2 Å². The van der Waals surface area contributed by atoms with E-state index in [0.29, 0.717) is 4.90 Å². The number of hydrogen-bond acceptors (Lipinski definition) is 2. The molecule has 0 saturated carbocycles. The molecule has 1 rings (SSSR count). The van der Waals surface area contributed by atoms with Crippen molar-refractivity contribution in [3.8, 4) is 0 Å². The Hall–Kier alpha value is -0.540. The van der Waals surface area contributed by atoms with Gasteiger partial charge < -0.3 is 0 Å². The van der Waals surface area contributed by atoms with Crippen LogP contribution in [0.15, 0.2) is 39.6 Å². The molecule has 1 atom stereocenters. The van der Waals surface area contributed by atoms with E-state index in [4.69, 9.17) is 11.6 Å². The fourth-order valence-electron chi connectivity index (χ4n) is 0.850. The summed E-state index contributed by atoms with van der Waals surface area (Å²) in [5.74, 6) is 0. The molecule has 0 aliphatic heterocycles. The lowest BCUT2D eigenvalue weighted by molar-refractivity contribution is 0.679. The van der Waals surface area contributed by atoms with E-state index in [1.54, 1.807) is 12.1 Å². The molecule has 2 nitrogen and oxygen atoms in total. The maximum atomic E-state index is 11.8. The molecule has 0 radical (unpaired) electrons. The molecule has 0 spiro atoms. The van der Waals surface area contributed by atoms with E-state index < -0.39 is 9.73 Å². The molecule has 0 amide bonds. The van der Waals surface area contributed by atoms with Crippen LogP contribution in [0.25, 0.3) is 0 Å². The molecule has 12 heavy (non-hydrogen) atoms. The molecule has 1 unspecified atom stereocenters. The third-order valence-corrected chi connectivity index (χ3v) is 4.34. The third-order valence-electron chi connectivity index (χ3n) is 1.55. The van der Waals surface area contributed by atoms with Crippen molar-refractivity contribution in [3.63, 3.8) is 0 Å². The van der Waals surface area contributed by atoms with Crippen LogP contribution in [0.4, 0.5) is 0 Å². The SMILES string of the molecule is CN=S(=O)(CCl)c1ccccc1. The maximum absolute atomic E-state index is 11.8. The quantitative estimate of drug-likeness (QED) is 0.679. The Morgan fingerprint density at radius 3 is 2.42 bits per heavy atom. The second-order valence-electron chi connectivity index (χ2n) is 2.25. The molecule has 1 aromatic rings. The number of rotatable bonds is 2. The highest BCUT2D eigenvalue weighted by atomic mass is 35.5. The summed E-state index contributed by atoms with van der Waals surface area (Å²) >= 11 is 5.57.